The zero-order chi connectivity index (χ0) is 27.6. The molecule has 1 saturated heterocycles. The van der Waals surface area contributed by atoms with Crippen LogP contribution >= 0.6 is 15.9 Å². The Labute approximate surface area is 237 Å². The van der Waals surface area contributed by atoms with Crippen LogP contribution in [0.4, 0.5) is 0 Å². The van der Waals surface area contributed by atoms with Crippen molar-refractivity contribution in [2.75, 3.05) is 26.2 Å². The van der Waals surface area contributed by atoms with Gasteiger partial charge in [0.25, 0.3) is 0 Å². The maximum absolute atomic E-state index is 11.7. The van der Waals surface area contributed by atoms with Crippen molar-refractivity contribution in [3.63, 3.8) is 0 Å². The molecule has 204 valence electrons. The zero-order valence-corrected chi connectivity index (χ0v) is 23.8. The van der Waals surface area contributed by atoms with Gasteiger partial charge in [-0.15, -0.1) is 0 Å². The fraction of sp³-hybridized carbons (Fsp3) is 0.355. The number of aliphatic hydroxyl groups is 1. The van der Waals surface area contributed by atoms with Crippen LogP contribution in [-0.4, -0.2) is 52.3 Å². The van der Waals surface area contributed by atoms with Crippen molar-refractivity contribution < 1.29 is 24.5 Å². The fourth-order valence-electron chi connectivity index (χ4n) is 5.66. The third-order valence-corrected chi connectivity index (χ3v) is 8.32. The maximum Gasteiger partial charge on any atom is 0.341 e. The Balaban J connectivity index is 1.37. The number of hydrogen-bond acceptors (Lipinski definition) is 6. The topological polar surface area (TPSA) is 92.1 Å². The average Bonchev–Trinajstić information content (AvgIpc) is 3.06. The van der Waals surface area contributed by atoms with Crippen LogP contribution in [-0.2, 0) is 17.0 Å². The Morgan fingerprint density at radius 1 is 1.18 bits per heavy atom. The molecule has 2 aliphatic rings. The van der Waals surface area contributed by atoms with Gasteiger partial charge in [-0.1, -0.05) is 54.1 Å². The molecule has 0 radical (unpaired) electrons. The first kappa shape index (κ1) is 27.4. The van der Waals surface area contributed by atoms with E-state index in [4.69, 9.17) is 14.6 Å². The number of nitrogens with zero attached hydrogens (tertiary/aromatic N) is 2. The van der Waals surface area contributed by atoms with E-state index in [-0.39, 0.29) is 5.41 Å². The predicted molar refractivity (Wildman–Crippen MR) is 153 cm³/mol. The summed E-state index contributed by atoms with van der Waals surface area (Å²) < 4.78 is 12.5. The minimum absolute atomic E-state index is 0.331. The minimum atomic E-state index is -1.03. The highest BCUT2D eigenvalue weighted by Gasteiger charge is 2.48. The molecule has 0 amide bonds. The lowest BCUT2D eigenvalue weighted by Crippen LogP contribution is -2.55. The van der Waals surface area contributed by atoms with Crippen LogP contribution in [0, 0.1) is 5.41 Å². The van der Waals surface area contributed by atoms with Crippen LogP contribution < -0.4 is 9.47 Å². The summed E-state index contributed by atoms with van der Waals surface area (Å²) in [5.74, 6) is 0.159. The van der Waals surface area contributed by atoms with Gasteiger partial charge in [0, 0.05) is 46.8 Å². The number of ether oxygens (including phenoxy) is 2. The summed E-state index contributed by atoms with van der Waals surface area (Å²) in [5, 5.41) is 20.8. The molecular weight excluding hydrogens is 560 g/mol. The monoisotopic (exact) mass is 592 g/mol. The lowest BCUT2D eigenvalue weighted by Gasteiger charge is -2.50. The largest absolute Gasteiger partial charge is 0.487 e. The van der Waals surface area contributed by atoms with E-state index < -0.39 is 18.2 Å². The number of halogens is 1. The number of pyridine rings is 1. The van der Waals surface area contributed by atoms with Crippen molar-refractivity contribution in [2.24, 2.45) is 5.41 Å². The smallest absolute Gasteiger partial charge is 0.341 e. The summed E-state index contributed by atoms with van der Waals surface area (Å²) >= 11 is 3.49. The van der Waals surface area contributed by atoms with Crippen LogP contribution in [0.5, 0.6) is 11.5 Å². The number of piperidine rings is 1. The Kier molecular flexibility index (Phi) is 7.80. The predicted octanol–water partition coefficient (Wildman–Crippen LogP) is 5.64. The summed E-state index contributed by atoms with van der Waals surface area (Å²) in [6.07, 6.45) is 5.42. The second-order valence-electron chi connectivity index (χ2n) is 10.8. The zero-order valence-electron chi connectivity index (χ0n) is 22.2. The quantitative estimate of drug-likeness (QED) is 0.366. The Hall–Kier alpha value is -3.20. The molecule has 0 saturated carbocycles. The number of carboxylic acids is 1. The van der Waals surface area contributed by atoms with Gasteiger partial charge < -0.3 is 24.6 Å². The molecule has 39 heavy (non-hydrogen) atoms. The van der Waals surface area contributed by atoms with Gasteiger partial charge in [0.1, 0.15) is 18.1 Å². The van der Waals surface area contributed by atoms with Crippen molar-refractivity contribution >= 4 is 27.5 Å². The normalized spacial score (nSPS) is 21.4. The van der Waals surface area contributed by atoms with E-state index in [0.717, 1.165) is 58.5 Å². The summed E-state index contributed by atoms with van der Waals surface area (Å²) in [4.78, 5) is 18.0. The Morgan fingerprint density at radius 2 is 1.97 bits per heavy atom. The van der Waals surface area contributed by atoms with Crippen molar-refractivity contribution in [2.45, 2.75) is 38.9 Å². The average molecular weight is 594 g/mol. The molecule has 3 heterocycles. The number of aromatic nitrogens is 1. The van der Waals surface area contributed by atoms with Crippen molar-refractivity contribution in [1.29, 1.82) is 0 Å². The molecule has 5 rings (SSSR count). The molecule has 8 heteroatoms. The molecule has 2 aromatic carbocycles. The van der Waals surface area contributed by atoms with E-state index in [0.29, 0.717) is 24.5 Å². The van der Waals surface area contributed by atoms with Crippen molar-refractivity contribution in [3.8, 4) is 11.5 Å². The van der Waals surface area contributed by atoms with E-state index in [1.165, 1.54) is 0 Å². The van der Waals surface area contributed by atoms with Crippen molar-refractivity contribution in [1.82, 2.24) is 9.88 Å². The van der Waals surface area contributed by atoms with Gasteiger partial charge >= 0.3 is 5.97 Å². The van der Waals surface area contributed by atoms with Gasteiger partial charge in [-0.3, -0.25) is 4.98 Å². The van der Waals surface area contributed by atoms with Gasteiger partial charge in [-0.2, -0.15) is 0 Å². The SMILES string of the molecule is CC1(C)CN(CC/C=C2/c3cc(OCC(=O)O)ccc3OCc3ncccc32)CC[C@]1(O)c1ccc(Br)cc1. The van der Waals surface area contributed by atoms with Crippen LogP contribution in [0.25, 0.3) is 5.57 Å². The number of benzene rings is 2. The van der Waals surface area contributed by atoms with E-state index in [1.54, 1.807) is 12.3 Å². The first-order valence-electron chi connectivity index (χ1n) is 13.1. The number of carbonyl (C=O) groups is 1. The number of hydrogen-bond donors (Lipinski definition) is 2. The number of likely N-dealkylation sites (tertiary alicyclic amines) is 1. The summed E-state index contributed by atoms with van der Waals surface area (Å²) in [7, 11) is 0. The highest BCUT2D eigenvalue weighted by atomic mass is 79.9. The number of rotatable bonds is 7. The molecule has 7 nitrogen and oxygen atoms in total. The third kappa shape index (κ3) is 5.73. The lowest BCUT2D eigenvalue weighted by atomic mass is 9.66. The van der Waals surface area contributed by atoms with Gasteiger partial charge in [0.2, 0.25) is 0 Å². The standard InChI is InChI=1S/C31H33BrN2O5/c1-30(2)20-34(16-13-31(30,37)21-7-9-22(32)10-8-21)15-4-6-24-25-5-3-14-33-27(25)18-39-28-12-11-23(17-26(24)28)38-19-29(35)36/h3,5-12,14,17,37H,4,13,15-16,18-20H2,1-2H3,(H,35,36)/b24-6+/t31-/m0/s1. The van der Waals surface area contributed by atoms with Crippen LogP contribution in [0.3, 0.4) is 0 Å². The second kappa shape index (κ2) is 11.1. The molecule has 0 aliphatic carbocycles. The molecule has 3 aromatic rings. The summed E-state index contributed by atoms with van der Waals surface area (Å²) in [6.45, 7) is 6.62. The summed E-state index contributed by atoms with van der Waals surface area (Å²) in [5.41, 5.74) is 3.43. The van der Waals surface area contributed by atoms with Gasteiger partial charge in [-0.05, 0) is 60.4 Å². The Morgan fingerprint density at radius 3 is 2.72 bits per heavy atom. The number of fused-ring (bicyclic) bond motifs is 2. The molecular formula is C31H33BrN2O5. The molecule has 1 fully saturated rings. The van der Waals surface area contributed by atoms with Crippen molar-refractivity contribution in [3.05, 3.63) is 93.7 Å². The third-order valence-electron chi connectivity index (χ3n) is 7.79. The molecule has 2 N–H and O–H groups in total. The van der Waals surface area contributed by atoms with E-state index in [2.05, 4.69) is 45.7 Å². The highest BCUT2D eigenvalue weighted by Crippen LogP contribution is 2.46. The molecule has 1 atom stereocenters. The number of carboxylic acid groups (broad SMARTS) is 1. The maximum atomic E-state index is 11.7. The van der Waals surface area contributed by atoms with Crippen LogP contribution in [0.15, 0.2) is 71.3 Å². The van der Waals surface area contributed by atoms with Gasteiger partial charge in [-0.25, -0.2) is 4.79 Å². The first-order valence-corrected chi connectivity index (χ1v) is 13.9. The van der Waals surface area contributed by atoms with Gasteiger partial charge in [0.05, 0.1) is 11.3 Å². The van der Waals surface area contributed by atoms with Crippen LogP contribution in [0.1, 0.15) is 49.1 Å². The molecule has 2 aliphatic heterocycles. The molecule has 1 aromatic heterocycles. The van der Waals surface area contributed by atoms with E-state index >= 15 is 0 Å². The number of aliphatic carboxylic acids is 1. The molecule has 0 spiro atoms. The van der Waals surface area contributed by atoms with Crippen LogP contribution in [0.2, 0.25) is 0 Å². The van der Waals surface area contributed by atoms with E-state index in [1.807, 2.05) is 48.5 Å². The highest BCUT2D eigenvalue weighted by molar-refractivity contribution is 9.10. The Bertz CT molecular complexity index is 1390. The molecule has 0 bridgehead atoms. The first-order chi connectivity index (χ1) is 18.7. The lowest BCUT2D eigenvalue weighted by molar-refractivity contribution is -0.139. The molecule has 0 unspecified atom stereocenters. The van der Waals surface area contributed by atoms with Gasteiger partial charge in [0.15, 0.2) is 6.61 Å². The summed E-state index contributed by atoms with van der Waals surface area (Å²) in [6, 6.07) is 17.3. The fourth-order valence-corrected chi connectivity index (χ4v) is 5.92. The van der Waals surface area contributed by atoms with E-state index in [9.17, 15) is 9.90 Å². The minimum Gasteiger partial charge on any atom is -0.487 e. The second-order valence-corrected chi connectivity index (χ2v) is 11.7.